The molecule has 2 unspecified atom stereocenters. The maximum Gasteiger partial charge on any atom is 0.242 e. The summed E-state index contributed by atoms with van der Waals surface area (Å²) >= 11 is 3.23. The van der Waals surface area contributed by atoms with E-state index in [2.05, 4.69) is 26.6 Å². The van der Waals surface area contributed by atoms with Crippen molar-refractivity contribution >= 4 is 27.7 Å². The van der Waals surface area contributed by atoms with Gasteiger partial charge >= 0.3 is 0 Å². The highest BCUT2D eigenvalue weighted by Crippen LogP contribution is 2.06. The molecule has 1 aliphatic heterocycles. The lowest BCUT2D eigenvalue weighted by molar-refractivity contribution is -0.127. The van der Waals surface area contributed by atoms with Gasteiger partial charge in [0.05, 0.1) is 4.83 Å². The van der Waals surface area contributed by atoms with Crippen LogP contribution in [0.5, 0.6) is 0 Å². The van der Waals surface area contributed by atoms with Crippen molar-refractivity contribution in [1.29, 1.82) is 0 Å². The monoisotopic (exact) mass is 248 g/mol. The molecule has 1 fully saturated rings. The largest absolute Gasteiger partial charge is 0.354 e. The number of alkyl halides is 1. The van der Waals surface area contributed by atoms with Gasteiger partial charge in [0.1, 0.15) is 6.04 Å². The van der Waals surface area contributed by atoms with Crippen LogP contribution in [-0.2, 0) is 9.59 Å². The van der Waals surface area contributed by atoms with E-state index >= 15 is 0 Å². The minimum Gasteiger partial charge on any atom is -0.354 e. The Hall–Kier alpha value is -0.580. The summed E-state index contributed by atoms with van der Waals surface area (Å²) in [6, 6.07) is -0.334. The molecule has 1 rings (SSSR count). The highest BCUT2D eigenvalue weighted by molar-refractivity contribution is 9.10. The molecule has 1 saturated heterocycles. The zero-order valence-electron chi connectivity index (χ0n) is 7.47. The number of amides is 2. The highest BCUT2D eigenvalue weighted by atomic mass is 79.9. The van der Waals surface area contributed by atoms with Gasteiger partial charge in [-0.05, 0) is 12.8 Å². The Morgan fingerprint density at radius 3 is 3.00 bits per heavy atom. The number of halogens is 1. The van der Waals surface area contributed by atoms with Gasteiger partial charge in [-0.2, -0.15) is 0 Å². The van der Waals surface area contributed by atoms with Crippen molar-refractivity contribution in [1.82, 2.24) is 10.6 Å². The van der Waals surface area contributed by atoms with E-state index in [1.165, 1.54) is 0 Å². The second kappa shape index (κ2) is 4.60. The first-order valence-corrected chi connectivity index (χ1v) is 5.29. The molecule has 0 aliphatic carbocycles. The average Bonchev–Trinajstić information content (AvgIpc) is 2.50. The van der Waals surface area contributed by atoms with Crippen molar-refractivity contribution in [3.63, 3.8) is 0 Å². The average molecular weight is 249 g/mol. The summed E-state index contributed by atoms with van der Waals surface area (Å²) in [7, 11) is 0. The Morgan fingerprint density at radius 1 is 1.85 bits per heavy atom. The van der Waals surface area contributed by atoms with E-state index < -0.39 is 0 Å². The molecule has 0 aromatic rings. The number of carbonyl (C=O) groups excluding carboxylic acids is 2. The second-order valence-electron chi connectivity index (χ2n) is 3.02. The zero-order chi connectivity index (χ0) is 9.84. The minimum absolute atomic E-state index is 0.0795. The van der Waals surface area contributed by atoms with Gasteiger partial charge in [-0.1, -0.05) is 22.9 Å². The van der Waals surface area contributed by atoms with Crippen LogP contribution in [0.3, 0.4) is 0 Å². The van der Waals surface area contributed by atoms with E-state index in [4.69, 9.17) is 0 Å². The van der Waals surface area contributed by atoms with Crippen molar-refractivity contribution in [3.05, 3.63) is 0 Å². The third-order valence-electron chi connectivity index (χ3n) is 2.01. The molecule has 0 aromatic heterocycles. The zero-order valence-corrected chi connectivity index (χ0v) is 9.06. The van der Waals surface area contributed by atoms with E-state index in [1.54, 1.807) is 0 Å². The summed E-state index contributed by atoms with van der Waals surface area (Å²) < 4.78 is 0. The van der Waals surface area contributed by atoms with Crippen LogP contribution in [0.25, 0.3) is 0 Å². The fraction of sp³-hybridized carbons (Fsp3) is 0.750. The summed E-state index contributed by atoms with van der Waals surface area (Å²) in [6.45, 7) is 2.57. The Bertz CT molecular complexity index is 220. The summed E-state index contributed by atoms with van der Waals surface area (Å²) in [4.78, 5) is 22.2. The van der Waals surface area contributed by atoms with Gasteiger partial charge in [-0.25, -0.2) is 0 Å². The molecule has 2 N–H and O–H groups in total. The highest BCUT2D eigenvalue weighted by Gasteiger charge is 2.26. The van der Waals surface area contributed by atoms with Gasteiger partial charge in [0.25, 0.3) is 0 Å². The lowest BCUT2D eigenvalue weighted by Crippen LogP contribution is -2.43. The van der Waals surface area contributed by atoms with Crippen LogP contribution in [0, 0.1) is 0 Å². The maximum absolute atomic E-state index is 11.3. The molecule has 2 atom stereocenters. The van der Waals surface area contributed by atoms with Crippen LogP contribution < -0.4 is 10.6 Å². The topological polar surface area (TPSA) is 58.2 Å². The summed E-state index contributed by atoms with van der Waals surface area (Å²) in [6.07, 6.45) is 1.41. The molecular weight excluding hydrogens is 236 g/mol. The van der Waals surface area contributed by atoms with E-state index in [0.717, 1.165) is 6.42 Å². The SMILES string of the molecule is CCC(Br)C(=O)NC1CCNC1=O. The van der Waals surface area contributed by atoms with Gasteiger partial charge in [0.2, 0.25) is 11.8 Å². The molecule has 0 saturated carbocycles. The van der Waals surface area contributed by atoms with E-state index in [0.29, 0.717) is 13.0 Å². The minimum atomic E-state index is -0.334. The van der Waals surface area contributed by atoms with Crippen molar-refractivity contribution < 1.29 is 9.59 Å². The molecule has 2 amide bonds. The molecule has 0 radical (unpaired) electrons. The van der Waals surface area contributed by atoms with Gasteiger partial charge in [-0.3, -0.25) is 9.59 Å². The lowest BCUT2D eigenvalue weighted by Gasteiger charge is -2.12. The molecule has 5 heteroatoms. The number of hydrogen-bond acceptors (Lipinski definition) is 2. The molecule has 0 aromatic carbocycles. The maximum atomic E-state index is 11.3. The second-order valence-corrected chi connectivity index (χ2v) is 4.12. The summed E-state index contributed by atoms with van der Waals surface area (Å²) in [5.41, 5.74) is 0. The first-order valence-electron chi connectivity index (χ1n) is 4.37. The number of nitrogens with one attached hydrogen (secondary N) is 2. The number of rotatable bonds is 3. The summed E-state index contributed by atoms with van der Waals surface area (Å²) in [5.74, 6) is -0.186. The van der Waals surface area contributed by atoms with Gasteiger partial charge in [0, 0.05) is 6.54 Å². The van der Waals surface area contributed by atoms with E-state index in [1.807, 2.05) is 6.92 Å². The number of carbonyl (C=O) groups is 2. The van der Waals surface area contributed by atoms with Crippen LogP contribution in [-0.4, -0.2) is 29.2 Å². The van der Waals surface area contributed by atoms with Crippen molar-refractivity contribution in [2.75, 3.05) is 6.54 Å². The molecule has 1 heterocycles. The van der Waals surface area contributed by atoms with Gasteiger partial charge in [-0.15, -0.1) is 0 Å². The third-order valence-corrected chi connectivity index (χ3v) is 3.07. The quantitative estimate of drug-likeness (QED) is 0.700. The molecular formula is C8H13BrN2O2. The predicted octanol–water partition coefficient (Wildman–Crippen LogP) is 0.165. The standard InChI is InChI=1S/C8H13BrN2O2/c1-2-5(9)7(12)11-6-3-4-10-8(6)13/h5-6H,2-4H2,1H3,(H,10,13)(H,11,12). The van der Waals surface area contributed by atoms with E-state index in [-0.39, 0.29) is 22.7 Å². The van der Waals surface area contributed by atoms with Crippen molar-refractivity contribution in [2.45, 2.75) is 30.6 Å². The predicted molar refractivity (Wildman–Crippen MR) is 52.6 cm³/mol. The Kier molecular flexibility index (Phi) is 3.71. The Morgan fingerprint density at radius 2 is 2.54 bits per heavy atom. The number of hydrogen-bond donors (Lipinski definition) is 2. The summed E-state index contributed by atoms with van der Waals surface area (Å²) in [5, 5.41) is 5.34. The van der Waals surface area contributed by atoms with Crippen LogP contribution in [0.1, 0.15) is 19.8 Å². The lowest BCUT2D eigenvalue weighted by atomic mass is 10.2. The fourth-order valence-electron chi connectivity index (χ4n) is 1.18. The van der Waals surface area contributed by atoms with Crippen molar-refractivity contribution in [3.8, 4) is 0 Å². The molecule has 13 heavy (non-hydrogen) atoms. The van der Waals surface area contributed by atoms with Crippen LogP contribution in [0.2, 0.25) is 0 Å². The third kappa shape index (κ3) is 2.69. The van der Waals surface area contributed by atoms with Crippen LogP contribution in [0.4, 0.5) is 0 Å². The van der Waals surface area contributed by atoms with Crippen LogP contribution >= 0.6 is 15.9 Å². The molecule has 4 nitrogen and oxygen atoms in total. The Labute approximate surface area is 85.6 Å². The fourth-order valence-corrected chi connectivity index (χ4v) is 1.31. The first-order chi connectivity index (χ1) is 6.15. The molecule has 1 aliphatic rings. The molecule has 0 spiro atoms. The first kappa shape index (κ1) is 10.5. The normalized spacial score (nSPS) is 23.8. The molecule has 74 valence electrons. The van der Waals surface area contributed by atoms with Crippen LogP contribution in [0.15, 0.2) is 0 Å². The van der Waals surface area contributed by atoms with E-state index in [9.17, 15) is 9.59 Å². The smallest absolute Gasteiger partial charge is 0.242 e. The van der Waals surface area contributed by atoms with Gasteiger partial charge in [0.15, 0.2) is 0 Å². The molecule has 0 bridgehead atoms. The van der Waals surface area contributed by atoms with Crippen molar-refractivity contribution in [2.24, 2.45) is 0 Å². The Balaban J connectivity index is 2.39. The van der Waals surface area contributed by atoms with Gasteiger partial charge < -0.3 is 10.6 Å².